The predicted molar refractivity (Wildman–Crippen MR) is 143 cm³/mol. The number of amides is 5. The number of nitrogens with one attached hydrogen (secondary N) is 4. The van der Waals surface area contributed by atoms with E-state index in [2.05, 4.69) is 46.5 Å². The minimum atomic E-state index is -0.977. The average molecular weight is 548 g/mol. The molecule has 1 fully saturated rings. The van der Waals surface area contributed by atoms with Gasteiger partial charge >= 0.3 is 6.09 Å². The third-order valence-corrected chi connectivity index (χ3v) is 6.14. The molecule has 0 spiro atoms. The summed E-state index contributed by atoms with van der Waals surface area (Å²) in [4.78, 5) is 64.9. The standard InChI is InChI=1S/C23H41N5O6S2/c1-13(2)10-14(19(30)26-15(11-35)18(29)24-6)25-20(31)17-8-7-9-28(17)21(32)16(12-36)27-22(33)34-23(3,4)5/h13-17,35-36H,7-12H2,1-6H3,(H,24,29)(H,25,31)(H,26,30)(H,27,33)/t14-,15-,16-,17-/m0/s1. The van der Waals surface area contributed by atoms with Gasteiger partial charge in [0, 0.05) is 25.1 Å². The highest BCUT2D eigenvalue weighted by Crippen LogP contribution is 2.20. The SMILES string of the molecule is CNC(=O)[C@H](CS)NC(=O)[C@H](CC(C)C)NC(=O)[C@@H]1CCCN1C(=O)[C@H](CS)NC(=O)OC(C)(C)C. The maximum atomic E-state index is 13.2. The summed E-state index contributed by atoms with van der Waals surface area (Å²) in [6.07, 6.45) is 0.593. The van der Waals surface area contributed by atoms with Crippen LogP contribution in [0.3, 0.4) is 0 Å². The number of nitrogens with zero attached hydrogens (tertiary/aromatic N) is 1. The Balaban J connectivity index is 2.95. The summed E-state index contributed by atoms with van der Waals surface area (Å²) in [6, 6.07) is -3.53. The Morgan fingerprint density at radius 3 is 2.06 bits per heavy atom. The Bertz CT molecular complexity index is 804. The van der Waals surface area contributed by atoms with Crippen LogP contribution in [-0.4, -0.2) is 89.5 Å². The van der Waals surface area contributed by atoms with Crippen molar-refractivity contribution in [1.82, 2.24) is 26.2 Å². The fourth-order valence-electron chi connectivity index (χ4n) is 3.75. The molecule has 5 amide bonds. The van der Waals surface area contributed by atoms with Gasteiger partial charge in [0.15, 0.2) is 0 Å². The van der Waals surface area contributed by atoms with Gasteiger partial charge in [-0.25, -0.2) is 4.79 Å². The molecular formula is C23H41N5O6S2. The van der Waals surface area contributed by atoms with Gasteiger partial charge in [0.25, 0.3) is 0 Å². The van der Waals surface area contributed by atoms with Gasteiger partial charge in [-0.2, -0.15) is 25.3 Å². The predicted octanol–water partition coefficient (Wildman–Crippen LogP) is 0.492. The van der Waals surface area contributed by atoms with Gasteiger partial charge in [0.1, 0.15) is 29.8 Å². The number of rotatable bonds is 11. The van der Waals surface area contributed by atoms with E-state index in [-0.39, 0.29) is 17.4 Å². The lowest BCUT2D eigenvalue weighted by atomic mass is 10.0. The molecule has 1 heterocycles. The molecule has 4 atom stereocenters. The van der Waals surface area contributed by atoms with Gasteiger partial charge in [-0.1, -0.05) is 13.8 Å². The number of thiol groups is 2. The van der Waals surface area contributed by atoms with Crippen molar-refractivity contribution in [3.05, 3.63) is 0 Å². The lowest BCUT2D eigenvalue weighted by Gasteiger charge is -2.30. The van der Waals surface area contributed by atoms with Crippen molar-refractivity contribution in [2.24, 2.45) is 5.92 Å². The maximum Gasteiger partial charge on any atom is 0.408 e. The van der Waals surface area contributed by atoms with E-state index in [1.165, 1.54) is 11.9 Å². The topological polar surface area (TPSA) is 146 Å². The first-order chi connectivity index (χ1) is 16.7. The molecule has 1 aliphatic rings. The molecular weight excluding hydrogens is 506 g/mol. The molecule has 1 saturated heterocycles. The maximum absolute atomic E-state index is 13.2. The average Bonchev–Trinajstić information content (AvgIpc) is 3.28. The highest BCUT2D eigenvalue weighted by molar-refractivity contribution is 7.80. The summed E-state index contributed by atoms with van der Waals surface area (Å²) in [5, 5.41) is 10.4. The summed E-state index contributed by atoms with van der Waals surface area (Å²) >= 11 is 8.31. The minimum Gasteiger partial charge on any atom is -0.444 e. The number of carbonyl (C=O) groups is 5. The van der Waals surface area contributed by atoms with Crippen LogP contribution in [0, 0.1) is 5.92 Å². The molecule has 1 rings (SSSR count). The lowest BCUT2D eigenvalue weighted by molar-refractivity contribution is -0.140. The summed E-state index contributed by atoms with van der Waals surface area (Å²) in [7, 11) is 1.46. The van der Waals surface area contributed by atoms with E-state index in [1.807, 2.05) is 13.8 Å². The number of hydrogen-bond acceptors (Lipinski definition) is 8. The quantitative estimate of drug-likeness (QED) is 0.208. The van der Waals surface area contributed by atoms with Gasteiger partial charge < -0.3 is 30.9 Å². The lowest BCUT2D eigenvalue weighted by Crippen LogP contribution is -2.58. The van der Waals surface area contributed by atoms with Gasteiger partial charge in [-0.3, -0.25) is 19.2 Å². The fraction of sp³-hybridized carbons (Fsp3) is 0.783. The largest absolute Gasteiger partial charge is 0.444 e. The first kappa shape index (κ1) is 31.9. The minimum absolute atomic E-state index is 0.0197. The summed E-state index contributed by atoms with van der Waals surface area (Å²) < 4.78 is 5.23. The second kappa shape index (κ2) is 14.6. The normalized spacial score (nSPS) is 18.1. The highest BCUT2D eigenvalue weighted by atomic mass is 32.1. The molecule has 0 aromatic heterocycles. The fourth-order valence-corrected chi connectivity index (χ4v) is 4.25. The van der Waals surface area contributed by atoms with Crippen molar-refractivity contribution in [3.63, 3.8) is 0 Å². The van der Waals surface area contributed by atoms with Crippen molar-refractivity contribution >= 4 is 55.0 Å². The van der Waals surface area contributed by atoms with Crippen molar-refractivity contribution < 1.29 is 28.7 Å². The molecule has 0 aromatic carbocycles. The van der Waals surface area contributed by atoms with Gasteiger partial charge in [-0.15, -0.1) is 0 Å². The number of hydrogen-bond donors (Lipinski definition) is 6. The molecule has 13 heteroatoms. The summed E-state index contributed by atoms with van der Waals surface area (Å²) in [5.74, 6) is -1.64. The Morgan fingerprint density at radius 1 is 0.944 bits per heavy atom. The molecule has 0 aliphatic carbocycles. The Morgan fingerprint density at radius 2 is 1.56 bits per heavy atom. The third-order valence-electron chi connectivity index (χ3n) is 5.41. The number of likely N-dealkylation sites (tertiary alicyclic amines) is 1. The second-order valence-corrected chi connectivity index (χ2v) is 10.9. The van der Waals surface area contributed by atoms with E-state index in [9.17, 15) is 24.0 Å². The van der Waals surface area contributed by atoms with E-state index >= 15 is 0 Å². The molecule has 0 radical (unpaired) electrons. The smallest absolute Gasteiger partial charge is 0.408 e. The van der Waals surface area contributed by atoms with Crippen LogP contribution in [-0.2, 0) is 23.9 Å². The molecule has 1 aliphatic heterocycles. The van der Waals surface area contributed by atoms with Crippen LogP contribution in [0.2, 0.25) is 0 Å². The van der Waals surface area contributed by atoms with Crippen LogP contribution in [0.5, 0.6) is 0 Å². The van der Waals surface area contributed by atoms with Crippen LogP contribution < -0.4 is 21.3 Å². The van der Waals surface area contributed by atoms with Crippen molar-refractivity contribution in [2.75, 3.05) is 25.1 Å². The van der Waals surface area contributed by atoms with E-state index in [0.29, 0.717) is 25.8 Å². The van der Waals surface area contributed by atoms with Crippen LogP contribution in [0.25, 0.3) is 0 Å². The van der Waals surface area contributed by atoms with Crippen molar-refractivity contribution in [2.45, 2.75) is 83.6 Å². The Kier molecular flexibility index (Phi) is 12.9. The van der Waals surface area contributed by atoms with Crippen LogP contribution in [0.1, 0.15) is 53.9 Å². The Labute approximate surface area is 224 Å². The summed E-state index contributed by atoms with van der Waals surface area (Å²) in [6.45, 7) is 9.28. The highest BCUT2D eigenvalue weighted by Gasteiger charge is 2.39. The molecule has 11 nitrogen and oxygen atoms in total. The van der Waals surface area contributed by atoms with E-state index < -0.39 is 59.5 Å². The second-order valence-electron chi connectivity index (χ2n) is 10.1. The van der Waals surface area contributed by atoms with Crippen LogP contribution >= 0.6 is 25.3 Å². The van der Waals surface area contributed by atoms with Crippen molar-refractivity contribution in [3.8, 4) is 0 Å². The van der Waals surface area contributed by atoms with Gasteiger partial charge in [-0.05, 0) is 46.0 Å². The monoisotopic (exact) mass is 547 g/mol. The molecule has 4 N–H and O–H groups in total. The molecule has 0 aromatic rings. The van der Waals surface area contributed by atoms with E-state index in [0.717, 1.165) is 0 Å². The molecule has 0 unspecified atom stereocenters. The molecule has 206 valence electrons. The molecule has 36 heavy (non-hydrogen) atoms. The third kappa shape index (κ3) is 10.1. The first-order valence-corrected chi connectivity index (χ1v) is 13.3. The van der Waals surface area contributed by atoms with E-state index in [4.69, 9.17) is 4.74 Å². The van der Waals surface area contributed by atoms with Crippen molar-refractivity contribution in [1.29, 1.82) is 0 Å². The van der Waals surface area contributed by atoms with E-state index in [1.54, 1.807) is 20.8 Å². The van der Waals surface area contributed by atoms with Crippen LogP contribution in [0.15, 0.2) is 0 Å². The number of alkyl carbamates (subject to hydrolysis) is 1. The van der Waals surface area contributed by atoms with Gasteiger partial charge in [0.2, 0.25) is 23.6 Å². The summed E-state index contributed by atoms with van der Waals surface area (Å²) in [5.41, 5.74) is -0.736. The van der Waals surface area contributed by atoms with Crippen LogP contribution in [0.4, 0.5) is 4.79 Å². The Hall–Kier alpha value is -2.15. The molecule has 0 bridgehead atoms. The zero-order chi connectivity index (χ0) is 27.6. The number of ether oxygens (including phenoxy) is 1. The van der Waals surface area contributed by atoms with Gasteiger partial charge in [0.05, 0.1) is 0 Å². The molecule has 0 saturated carbocycles. The number of likely N-dealkylation sites (N-methyl/N-ethyl adjacent to an activating group) is 1. The zero-order valence-corrected chi connectivity index (χ0v) is 23.7. The first-order valence-electron chi connectivity index (χ1n) is 12.1. The zero-order valence-electron chi connectivity index (χ0n) is 21.9. The number of carbonyl (C=O) groups excluding carboxylic acids is 5.